The number of hydrogen-bond acceptors (Lipinski definition) is 7. The number of carbonyl (C=O) groups excluding carboxylic acids is 1. The molecule has 0 bridgehead atoms. The van der Waals surface area contributed by atoms with E-state index in [2.05, 4.69) is 20.0 Å². The van der Waals surface area contributed by atoms with Crippen molar-refractivity contribution in [2.24, 2.45) is 17.0 Å². The van der Waals surface area contributed by atoms with Gasteiger partial charge in [-0.2, -0.15) is 4.91 Å². The smallest absolute Gasteiger partial charge is 0.225 e. The van der Waals surface area contributed by atoms with E-state index in [0.717, 1.165) is 56.4 Å². The molecule has 2 fully saturated rings. The minimum absolute atomic E-state index is 0.0876. The number of nitrogen functional groups attached to an aromatic ring is 1. The van der Waals surface area contributed by atoms with Crippen LogP contribution in [0.25, 0.3) is 0 Å². The van der Waals surface area contributed by atoms with Crippen molar-refractivity contribution in [3.05, 3.63) is 58.8 Å². The summed E-state index contributed by atoms with van der Waals surface area (Å²) in [4.78, 5) is 37.0. The Morgan fingerprint density at radius 1 is 1.03 bits per heavy atom. The quantitative estimate of drug-likeness (QED) is 0.718. The molecule has 2 saturated heterocycles. The molecule has 1 atom stereocenters. The fourth-order valence-electron chi connectivity index (χ4n) is 4.81. The van der Waals surface area contributed by atoms with E-state index in [4.69, 9.17) is 5.73 Å². The highest BCUT2D eigenvalue weighted by molar-refractivity contribution is 5.79. The van der Waals surface area contributed by atoms with Gasteiger partial charge >= 0.3 is 0 Å². The van der Waals surface area contributed by atoms with Crippen molar-refractivity contribution in [2.75, 3.05) is 31.9 Å². The van der Waals surface area contributed by atoms with E-state index in [-0.39, 0.29) is 29.7 Å². The summed E-state index contributed by atoms with van der Waals surface area (Å²) < 4.78 is 0. The van der Waals surface area contributed by atoms with Gasteiger partial charge in [-0.3, -0.25) is 9.69 Å². The Hall–Kier alpha value is -2.87. The van der Waals surface area contributed by atoms with Crippen LogP contribution in [-0.4, -0.2) is 51.9 Å². The molecule has 31 heavy (non-hydrogen) atoms. The summed E-state index contributed by atoms with van der Waals surface area (Å²) in [6.45, 7) is 3.99. The summed E-state index contributed by atoms with van der Waals surface area (Å²) in [5, 5.41) is 3.41. The Balaban J connectivity index is 1.25. The molecule has 2 aliphatic heterocycles. The first kappa shape index (κ1) is 21.4. The SMILES string of the molecule is Nc1ncc(CN2CCC(C(=O)N3CCC(C(N=O)c4ccccc4)CC3)CC2)cn1. The number of carbonyl (C=O) groups is 1. The van der Waals surface area contributed by atoms with Crippen LogP contribution in [0.2, 0.25) is 0 Å². The summed E-state index contributed by atoms with van der Waals surface area (Å²) in [6, 6.07) is 9.44. The maximum Gasteiger partial charge on any atom is 0.225 e. The van der Waals surface area contributed by atoms with Gasteiger partial charge in [-0.15, -0.1) is 0 Å². The monoisotopic (exact) mass is 422 g/mol. The lowest BCUT2D eigenvalue weighted by Crippen LogP contribution is -2.45. The second kappa shape index (κ2) is 9.96. The first-order valence-corrected chi connectivity index (χ1v) is 11.1. The van der Waals surface area contributed by atoms with Gasteiger partial charge in [0.2, 0.25) is 11.9 Å². The summed E-state index contributed by atoms with van der Waals surface area (Å²) in [5.41, 5.74) is 7.56. The minimum Gasteiger partial charge on any atom is -0.368 e. The van der Waals surface area contributed by atoms with Crippen LogP contribution in [0.3, 0.4) is 0 Å². The summed E-state index contributed by atoms with van der Waals surface area (Å²) in [6.07, 6.45) is 6.93. The number of nitrogens with zero attached hydrogens (tertiary/aromatic N) is 5. The van der Waals surface area contributed by atoms with Gasteiger partial charge in [-0.25, -0.2) is 9.97 Å². The Labute approximate surface area is 182 Å². The summed E-state index contributed by atoms with van der Waals surface area (Å²) in [7, 11) is 0. The average Bonchev–Trinajstić information content (AvgIpc) is 2.82. The second-order valence-electron chi connectivity index (χ2n) is 8.62. The van der Waals surface area contributed by atoms with Gasteiger partial charge in [0.1, 0.15) is 6.04 Å². The molecule has 1 aromatic carbocycles. The van der Waals surface area contributed by atoms with Gasteiger partial charge in [-0.1, -0.05) is 35.5 Å². The molecule has 164 valence electrons. The fraction of sp³-hybridized carbons (Fsp3) is 0.522. The lowest BCUT2D eigenvalue weighted by Gasteiger charge is -2.38. The van der Waals surface area contributed by atoms with E-state index in [9.17, 15) is 9.70 Å². The van der Waals surface area contributed by atoms with Crippen LogP contribution in [0.4, 0.5) is 5.95 Å². The van der Waals surface area contributed by atoms with Gasteiger partial charge in [0.15, 0.2) is 0 Å². The van der Waals surface area contributed by atoms with Crippen molar-refractivity contribution in [3.8, 4) is 0 Å². The lowest BCUT2D eigenvalue weighted by atomic mass is 9.85. The Morgan fingerprint density at radius 2 is 1.68 bits per heavy atom. The van der Waals surface area contributed by atoms with Crippen LogP contribution in [0.1, 0.15) is 42.9 Å². The van der Waals surface area contributed by atoms with Crippen molar-refractivity contribution in [3.63, 3.8) is 0 Å². The molecule has 0 saturated carbocycles. The van der Waals surface area contributed by atoms with Crippen molar-refractivity contribution in [1.29, 1.82) is 0 Å². The van der Waals surface area contributed by atoms with Crippen LogP contribution in [0.15, 0.2) is 47.9 Å². The lowest BCUT2D eigenvalue weighted by molar-refractivity contribution is -0.138. The Morgan fingerprint density at radius 3 is 2.29 bits per heavy atom. The van der Waals surface area contributed by atoms with Gasteiger partial charge < -0.3 is 10.6 Å². The topological polar surface area (TPSA) is 105 Å². The highest BCUT2D eigenvalue weighted by atomic mass is 16.3. The zero-order chi connectivity index (χ0) is 21.6. The molecule has 2 N–H and O–H groups in total. The molecule has 8 heteroatoms. The van der Waals surface area contributed by atoms with Crippen molar-refractivity contribution >= 4 is 11.9 Å². The number of hydrogen-bond donors (Lipinski definition) is 1. The molecule has 8 nitrogen and oxygen atoms in total. The van der Waals surface area contributed by atoms with E-state index >= 15 is 0 Å². The number of anilines is 1. The average molecular weight is 423 g/mol. The molecule has 0 aliphatic carbocycles. The maximum absolute atomic E-state index is 13.1. The maximum atomic E-state index is 13.1. The molecular weight excluding hydrogens is 392 g/mol. The molecule has 3 heterocycles. The minimum atomic E-state index is -0.320. The van der Waals surface area contributed by atoms with E-state index in [1.165, 1.54) is 0 Å². The number of rotatable bonds is 6. The van der Waals surface area contributed by atoms with Crippen molar-refractivity contribution in [1.82, 2.24) is 19.8 Å². The van der Waals surface area contributed by atoms with Crippen molar-refractivity contribution in [2.45, 2.75) is 38.3 Å². The van der Waals surface area contributed by atoms with Gasteiger partial charge in [0, 0.05) is 43.5 Å². The molecule has 1 unspecified atom stereocenters. The van der Waals surface area contributed by atoms with Crippen LogP contribution < -0.4 is 5.73 Å². The molecule has 1 amide bonds. The third-order valence-electron chi connectivity index (χ3n) is 6.62. The summed E-state index contributed by atoms with van der Waals surface area (Å²) >= 11 is 0. The van der Waals surface area contributed by atoms with Gasteiger partial charge in [-0.05, 0) is 50.3 Å². The number of nitrogens with two attached hydrogens (primary N) is 1. The van der Waals surface area contributed by atoms with Crippen LogP contribution in [-0.2, 0) is 11.3 Å². The molecule has 0 spiro atoms. The highest BCUT2D eigenvalue weighted by Gasteiger charge is 2.33. The standard InChI is InChI=1S/C23H30N6O2/c24-23-25-14-17(15-26-23)16-28-10-6-20(7-11-28)22(30)29-12-8-19(9-13-29)21(27-31)18-4-2-1-3-5-18/h1-5,14-15,19-21H,6-13,16H2,(H2,24,25,26). The number of benzene rings is 1. The third-order valence-corrected chi connectivity index (χ3v) is 6.62. The predicted octanol–water partition coefficient (Wildman–Crippen LogP) is 3.02. The summed E-state index contributed by atoms with van der Waals surface area (Å²) in [5.74, 6) is 0.845. The van der Waals surface area contributed by atoms with E-state index in [0.29, 0.717) is 13.1 Å². The van der Waals surface area contributed by atoms with Gasteiger partial charge in [0.05, 0.1) is 0 Å². The molecule has 2 aromatic rings. The van der Waals surface area contributed by atoms with Gasteiger partial charge in [0.25, 0.3) is 0 Å². The third kappa shape index (κ3) is 5.25. The first-order chi connectivity index (χ1) is 15.1. The molecule has 0 radical (unpaired) electrons. The van der Waals surface area contributed by atoms with Crippen LogP contribution in [0, 0.1) is 16.7 Å². The molecule has 4 rings (SSSR count). The number of piperidine rings is 2. The van der Waals surface area contributed by atoms with E-state index in [1.807, 2.05) is 35.2 Å². The molecular formula is C23H30N6O2. The molecule has 2 aliphatic rings. The normalized spacial score (nSPS) is 19.8. The van der Waals surface area contributed by atoms with E-state index < -0.39 is 0 Å². The zero-order valence-electron chi connectivity index (χ0n) is 17.8. The van der Waals surface area contributed by atoms with Crippen LogP contribution in [0.5, 0.6) is 0 Å². The number of nitroso groups, excluding NO2 is 1. The van der Waals surface area contributed by atoms with Crippen molar-refractivity contribution < 1.29 is 4.79 Å². The molecule has 1 aromatic heterocycles. The fourth-order valence-corrected chi connectivity index (χ4v) is 4.81. The largest absolute Gasteiger partial charge is 0.368 e. The number of likely N-dealkylation sites (tertiary alicyclic amines) is 2. The highest BCUT2D eigenvalue weighted by Crippen LogP contribution is 2.34. The predicted molar refractivity (Wildman–Crippen MR) is 119 cm³/mol. The zero-order valence-corrected chi connectivity index (χ0v) is 17.8. The Bertz CT molecular complexity index is 859. The van der Waals surface area contributed by atoms with Crippen LogP contribution >= 0.6 is 0 Å². The number of aromatic nitrogens is 2. The Kier molecular flexibility index (Phi) is 6.86. The number of amides is 1. The first-order valence-electron chi connectivity index (χ1n) is 11.1. The van der Waals surface area contributed by atoms with E-state index in [1.54, 1.807) is 12.4 Å². The second-order valence-corrected chi connectivity index (χ2v) is 8.62.